The molecule has 6 nitrogen and oxygen atoms in total. The number of hydrogen-bond acceptors (Lipinski definition) is 3. The number of nitrogens with zero attached hydrogens (tertiary/aromatic N) is 3. The molecule has 1 aromatic rings. The SMILES string of the molecule is CCNC(=NCC1(C)CCCO1)NCCn1cccn1. The van der Waals surface area contributed by atoms with Crippen LogP contribution in [0, 0.1) is 0 Å². The van der Waals surface area contributed by atoms with Crippen LogP contribution in [0.25, 0.3) is 0 Å². The molecule has 0 spiro atoms. The van der Waals surface area contributed by atoms with E-state index in [1.54, 1.807) is 6.20 Å². The summed E-state index contributed by atoms with van der Waals surface area (Å²) in [5.41, 5.74) is -0.0929. The van der Waals surface area contributed by atoms with Crippen molar-refractivity contribution in [3.63, 3.8) is 0 Å². The van der Waals surface area contributed by atoms with Gasteiger partial charge in [-0.25, -0.2) is 0 Å². The largest absolute Gasteiger partial charge is 0.373 e. The first-order valence-electron chi connectivity index (χ1n) is 7.35. The van der Waals surface area contributed by atoms with E-state index in [1.807, 2.05) is 16.9 Å². The molecule has 2 rings (SSSR count). The minimum atomic E-state index is -0.0929. The molecule has 6 heteroatoms. The van der Waals surface area contributed by atoms with Crippen LogP contribution in [0.3, 0.4) is 0 Å². The lowest BCUT2D eigenvalue weighted by atomic mass is 10.0. The molecule has 1 unspecified atom stereocenters. The summed E-state index contributed by atoms with van der Waals surface area (Å²) in [5, 5.41) is 10.8. The second kappa shape index (κ2) is 7.28. The van der Waals surface area contributed by atoms with Gasteiger partial charge in [0.05, 0.1) is 18.7 Å². The molecule has 1 saturated heterocycles. The summed E-state index contributed by atoms with van der Waals surface area (Å²) in [6, 6.07) is 1.93. The molecule has 0 radical (unpaired) electrons. The zero-order chi connectivity index (χ0) is 14.3. The third-order valence-electron chi connectivity index (χ3n) is 3.41. The van der Waals surface area contributed by atoms with Crippen molar-refractivity contribution in [3.05, 3.63) is 18.5 Å². The van der Waals surface area contributed by atoms with E-state index < -0.39 is 0 Å². The van der Waals surface area contributed by atoms with Crippen LogP contribution in [0.2, 0.25) is 0 Å². The third kappa shape index (κ3) is 4.52. The fraction of sp³-hybridized carbons (Fsp3) is 0.714. The number of rotatable bonds is 6. The summed E-state index contributed by atoms with van der Waals surface area (Å²) >= 11 is 0. The standard InChI is InChI=1S/C14H25N5O/c1-3-15-13(16-8-10-19-9-5-7-18-19)17-12-14(2)6-4-11-20-14/h5,7,9H,3-4,6,8,10-12H2,1-2H3,(H2,15,16,17). The predicted molar refractivity (Wildman–Crippen MR) is 79.8 cm³/mol. The minimum absolute atomic E-state index is 0.0929. The quantitative estimate of drug-likeness (QED) is 0.602. The molecule has 112 valence electrons. The van der Waals surface area contributed by atoms with E-state index in [0.717, 1.165) is 45.0 Å². The van der Waals surface area contributed by atoms with Gasteiger partial charge in [-0.2, -0.15) is 5.10 Å². The molecule has 1 aliphatic heterocycles. The van der Waals surface area contributed by atoms with Crippen molar-refractivity contribution < 1.29 is 4.74 Å². The molecule has 2 heterocycles. The molecule has 2 N–H and O–H groups in total. The number of aromatic nitrogens is 2. The van der Waals surface area contributed by atoms with Crippen molar-refractivity contribution in [1.82, 2.24) is 20.4 Å². The Balaban J connectivity index is 1.79. The highest BCUT2D eigenvalue weighted by molar-refractivity contribution is 5.79. The summed E-state index contributed by atoms with van der Waals surface area (Å²) in [5.74, 6) is 0.844. The molecule has 1 aromatic heterocycles. The molecule has 0 saturated carbocycles. The summed E-state index contributed by atoms with van der Waals surface area (Å²) < 4.78 is 7.66. The first kappa shape index (κ1) is 14.8. The van der Waals surface area contributed by atoms with E-state index in [9.17, 15) is 0 Å². The molecule has 0 bridgehead atoms. The highest BCUT2D eigenvalue weighted by atomic mass is 16.5. The zero-order valence-corrected chi connectivity index (χ0v) is 12.4. The highest BCUT2D eigenvalue weighted by Crippen LogP contribution is 2.24. The van der Waals surface area contributed by atoms with Gasteiger partial charge in [0.1, 0.15) is 0 Å². The Hall–Kier alpha value is -1.56. The monoisotopic (exact) mass is 279 g/mol. The molecule has 0 amide bonds. The fourth-order valence-electron chi connectivity index (χ4n) is 2.27. The molecule has 20 heavy (non-hydrogen) atoms. The van der Waals surface area contributed by atoms with E-state index >= 15 is 0 Å². The average molecular weight is 279 g/mol. The van der Waals surface area contributed by atoms with Crippen LogP contribution in [-0.4, -0.2) is 47.6 Å². The van der Waals surface area contributed by atoms with Gasteiger partial charge < -0.3 is 15.4 Å². The average Bonchev–Trinajstić information content (AvgIpc) is 3.08. The van der Waals surface area contributed by atoms with Crippen molar-refractivity contribution in [3.8, 4) is 0 Å². The number of ether oxygens (including phenoxy) is 1. The Morgan fingerprint density at radius 1 is 1.50 bits per heavy atom. The number of guanidine groups is 1. The van der Waals surface area contributed by atoms with Gasteiger partial charge in [-0.3, -0.25) is 9.67 Å². The van der Waals surface area contributed by atoms with Gasteiger partial charge in [-0.1, -0.05) is 0 Å². The molecular weight excluding hydrogens is 254 g/mol. The lowest BCUT2D eigenvalue weighted by Crippen LogP contribution is -2.40. The predicted octanol–water partition coefficient (Wildman–Crippen LogP) is 1.01. The van der Waals surface area contributed by atoms with E-state index in [-0.39, 0.29) is 5.60 Å². The minimum Gasteiger partial charge on any atom is -0.373 e. The maximum Gasteiger partial charge on any atom is 0.191 e. The number of nitrogens with one attached hydrogen (secondary N) is 2. The fourth-order valence-corrected chi connectivity index (χ4v) is 2.27. The Bertz CT molecular complexity index is 409. The van der Waals surface area contributed by atoms with Gasteiger partial charge in [-0.15, -0.1) is 0 Å². The molecule has 0 aromatic carbocycles. The summed E-state index contributed by atoms with van der Waals surface area (Å²) in [6.45, 7) is 8.23. The van der Waals surface area contributed by atoms with Gasteiger partial charge in [0.2, 0.25) is 0 Å². The van der Waals surface area contributed by atoms with Crippen LogP contribution in [-0.2, 0) is 11.3 Å². The number of aliphatic imine (C=N–C) groups is 1. The first-order chi connectivity index (χ1) is 9.72. The maximum atomic E-state index is 5.76. The van der Waals surface area contributed by atoms with Gasteiger partial charge in [0.25, 0.3) is 0 Å². The third-order valence-corrected chi connectivity index (χ3v) is 3.41. The van der Waals surface area contributed by atoms with E-state index in [2.05, 4.69) is 34.6 Å². The lowest BCUT2D eigenvalue weighted by Gasteiger charge is -2.21. The summed E-state index contributed by atoms with van der Waals surface area (Å²) in [6.07, 6.45) is 5.97. The second-order valence-electron chi connectivity index (χ2n) is 5.29. The van der Waals surface area contributed by atoms with Gasteiger partial charge in [-0.05, 0) is 32.8 Å². The zero-order valence-electron chi connectivity index (χ0n) is 12.4. The lowest BCUT2D eigenvalue weighted by molar-refractivity contribution is 0.0283. The summed E-state index contributed by atoms with van der Waals surface area (Å²) in [7, 11) is 0. The Morgan fingerprint density at radius 2 is 2.40 bits per heavy atom. The van der Waals surface area contributed by atoms with Crippen molar-refractivity contribution >= 4 is 5.96 Å². The maximum absolute atomic E-state index is 5.76. The second-order valence-corrected chi connectivity index (χ2v) is 5.29. The van der Waals surface area contributed by atoms with E-state index in [1.165, 1.54) is 0 Å². The topological polar surface area (TPSA) is 63.5 Å². The normalized spacial score (nSPS) is 23.0. The van der Waals surface area contributed by atoms with Gasteiger partial charge in [0.15, 0.2) is 5.96 Å². The van der Waals surface area contributed by atoms with Gasteiger partial charge >= 0.3 is 0 Å². The van der Waals surface area contributed by atoms with Gasteiger partial charge in [0, 0.05) is 32.1 Å². The van der Waals surface area contributed by atoms with Crippen LogP contribution >= 0.6 is 0 Å². The molecule has 1 aliphatic rings. The van der Waals surface area contributed by atoms with Crippen molar-refractivity contribution in [2.75, 3.05) is 26.2 Å². The smallest absolute Gasteiger partial charge is 0.191 e. The van der Waals surface area contributed by atoms with Crippen molar-refractivity contribution in [2.24, 2.45) is 4.99 Å². The van der Waals surface area contributed by atoms with Crippen LogP contribution < -0.4 is 10.6 Å². The molecule has 1 fully saturated rings. The van der Waals surface area contributed by atoms with Crippen LogP contribution in [0.1, 0.15) is 26.7 Å². The highest BCUT2D eigenvalue weighted by Gasteiger charge is 2.29. The van der Waals surface area contributed by atoms with Crippen LogP contribution in [0.4, 0.5) is 0 Å². The van der Waals surface area contributed by atoms with E-state index in [4.69, 9.17) is 4.74 Å². The van der Waals surface area contributed by atoms with E-state index in [0.29, 0.717) is 6.54 Å². The van der Waals surface area contributed by atoms with Crippen molar-refractivity contribution in [1.29, 1.82) is 0 Å². The molecule has 0 aliphatic carbocycles. The molecule has 1 atom stereocenters. The Labute approximate surface area is 120 Å². The molecular formula is C14H25N5O. The Morgan fingerprint density at radius 3 is 3.05 bits per heavy atom. The summed E-state index contributed by atoms with van der Waals surface area (Å²) in [4.78, 5) is 4.63. The van der Waals surface area contributed by atoms with Crippen LogP contribution in [0.5, 0.6) is 0 Å². The Kier molecular flexibility index (Phi) is 5.40. The van der Waals surface area contributed by atoms with Crippen molar-refractivity contribution in [2.45, 2.75) is 38.8 Å². The van der Waals surface area contributed by atoms with Crippen LogP contribution in [0.15, 0.2) is 23.5 Å². The number of hydrogen-bond donors (Lipinski definition) is 2. The first-order valence-corrected chi connectivity index (χ1v) is 7.35.